The maximum Gasteiger partial charge on any atom is 0.335 e. The number of aromatic carboxylic acids is 1. The van der Waals surface area contributed by atoms with Gasteiger partial charge in [0.05, 0.1) is 23.7 Å². The van der Waals surface area contributed by atoms with Crippen LogP contribution in [0, 0.1) is 11.8 Å². The quantitative estimate of drug-likeness (QED) is 0.724. The third-order valence-electron chi connectivity index (χ3n) is 3.36. The largest absolute Gasteiger partial charge is 0.478 e. The average molecular weight is 263 g/mol. The maximum atomic E-state index is 12.0. The van der Waals surface area contributed by atoms with Crippen LogP contribution < -0.4 is 10.6 Å². The van der Waals surface area contributed by atoms with Gasteiger partial charge in [0.1, 0.15) is 0 Å². The van der Waals surface area contributed by atoms with Crippen LogP contribution in [0.3, 0.4) is 0 Å². The van der Waals surface area contributed by atoms with Crippen LogP contribution in [0.15, 0.2) is 18.3 Å². The Morgan fingerprint density at radius 1 is 1.53 bits per heavy atom. The number of hydrogen-bond acceptors (Lipinski definition) is 4. The summed E-state index contributed by atoms with van der Waals surface area (Å²) in [4.78, 5) is 26.8. The molecule has 0 radical (unpaired) electrons. The van der Waals surface area contributed by atoms with Gasteiger partial charge in [-0.2, -0.15) is 0 Å². The number of carboxylic acid groups (broad SMARTS) is 1. The van der Waals surface area contributed by atoms with Gasteiger partial charge in [-0.3, -0.25) is 9.78 Å². The molecule has 0 bridgehead atoms. The lowest BCUT2D eigenvalue weighted by atomic mass is 9.97. The summed E-state index contributed by atoms with van der Waals surface area (Å²) in [7, 11) is 0. The first-order valence-corrected chi connectivity index (χ1v) is 6.24. The maximum absolute atomic E-state index is 12.0. The van der Waals surface area contributed by atoms with Gasteiger partial charge in [-0.1, -0.05) is 6.92 Å². The smallest absolute Gasteiger partial charge is 0.335 e. The Bertz CT molecular complexity index is 490. The molecule has 2 atom stereocenters. The highest BCUT2D eigenvalue weighted by molar-refractivity contribution is 5.87. The molecule has 0 aromatic carbocycles. The van der Waals surface area contributed by atoms with E-state index in [0.717, 1.165) is 6.54 Å². The van der Waals surface area contributed by atoms with Crippen molar-refractivity contribution in [2.24, 2.45) is 11.8 Å². The lowest BCUT2D eigenvalue weighted by molar-refractivity contribution is -0.125. The molecule has 6 nitrogen and oxygen atoms in total. The van der Waals surface area contributed by atoms with Crippen LogP contribution >= 0.6 is 0 Å². The summed E-state index contributed by atoms with van der Waals surface area (Å²) in [5.41, 5.74) is 0.724. The van der Waals surface area contributed by atoms with Crippen LogP contribution in [0.1, 0.15) is 23.0 Å². The Kier molecular flexibility index (Phi) is 4.11. The van der Waals surface area contributed by atoms with Crippen molar-refractivity contribution in [1.29, 1.82) is 0 Å². The Balaban J connectivity index is 1.93. The standard InChI is InChI=1S/C13H17N3O3/c1-8-5-14-7-11(8)12(17)16-6-10-4-9(13(18)19)2-3-15-10/h2-4,8,11,14H,5-7H2,1H3,(H,16,17)(H,18,19). The first-order valence-electron chi connectivity index (χ1n) is 6.24. The molecule has 2 rings (SSSR count). The molecule has 2 unspecified atom stereocenters. The monoisotopic (exact) mass is 263 g/mol. The number of pyridine rings is 1. The Morgan fingerprint density at radius 3 is 2.95 bits per heavy atom. The third-order valence-corrected chi connectivity index (χ3v) is 3.36. The highest BCUT2D eigenvalue weighted by Gasteiger charge is 2.29. The van der Waals surface area contributed by atoms with E-state index in [1.807, 2.05) is 6.92 Å². The number of carboxylic acids is 1. The number of nitrogens with zero attached hydrogens (tertiary/aromatic N) is 1. The Hall–Kier alpha value is -1.95. The van der Waals surface area contributed by atoms with Crippen molar-refractivity contribution in [2.75, 3.05) is 13.1 Å². The molecule has 0 aliphatic carbocycles. The lowest BCUT2D eigenvalue weighted by Gasteiger charge is -2.13. The number of rotatable bonds is 4. The van der Waals surface area contributed by atoms with Gasteiger partial charge in [-0.25, -0.2) is 4.79 Å². The second-order valence-corrected chi connectivity index (χ2v) is 4.80. The van der Waals surface area contributed by atoms with Gasteiger partial charge in [0.25, 0.3) is 0 Å². The minimum absolute atomic E-state index is 0.0139. The molecule has 2 heterocycles. The van der Waals surface area contributed by atoms with Crippen molar-refractivity contribution in [3.8, 4) is 0 Å². The summed E-state index contributed by atoms with van der Waals surface area (Å²) in [6, 6.07) is 2.90. The summed E-state index contributed by atoms with van der Waals surface area (Å²) < 4.78 is 0. The van der Waals surface area contributed by atoms with Gasteiger partial charge in [-0.05, 0) is 24.6 Å². The van der Waals surface area contributed by atoms with Crippen LogP contribution in [0.5, 0.6) is 0 Å². The van der Waals surface area contributed by atoms with E-state index in [1.54, 1.807) is 0 Å². The first kappa shape index (κ1) is 13.5. The zero-order chi connectivity index (χ0) is 13.8. The highest BCUT2D eigenvalue weighted by Crippen LogP contribution is 2.15. The normalized spacial score (nSPS) is 22.2. The van der Waals surface area contributed by atoms with E-state index < -0.39 is 5.97 Å². The van der Waals surface area contributed by atoms with Gasteiger partial charge in [0, 0.05) is 12.7 Å². The molecular formula is C13H17N3O3. The topological polar surface area (TPSA) is 91.3 Å². The zero-order valence-electron chi connectivity index (χ0n) is 10.7. The van der Waals surface area contributed by atoms with Crippen LogP contribution in [-0.4, -0.2) is 35.1 Å². The second-order valence-electron chi connectivity index (χ2n) is 4.80. The molecule has 1 saturated heterocycles. The third kappa shape index (κ3) is 3.29. The van der Waals surface area contributed by atoms with E-state index >= 15 is 0 Å². The van der Waals surface area contributed by atoms with E-state index in [-0.39, 0.29) is 23.9 Å². The van der Waals surface area contributed by atoms with E-state index in [1.165, 1.54) is 18.3 Å². The van der Waals surface area contributed by atoms with E-state index in [0.29, 0.717) is 18.2 Å². The number of hydrogen-bond donors (Lipinski definition) is 3. The summed E-state index contributed by atoms with van der Waals surface area (Å²) in [6.07, 6.45) is 1.44. The van der Waals surface area contributed by atoms with E-state index in [9.17, 15) is 9.59 Å². The molecule has 0 saturated carbocycles. The van der Waals surface area contributed by atoms with Crippen molar-refractivity contribution in [1.82, 2.24) is 15.6 Å². The molecule has 1 aliphatic heterocycles. The average Bonchev–Trinajstić information content (AvgIpc) is 2.82. The summed E-state index contributed by atoms with van der Waals surface area (Å²) in [6.45, 7) is 3.83. The first-order chi connectivity index (χ1) is 9.08. The highest BCUT2D eigenvalue weighted by atomic mass is 16.4. The number of carbonyl (C=O) groups excluding carboxylic acids is 1. The molecule has 1 fully saturated rings. The van der Waals surface area contributed by atoms with Gasteiger partial charge in [-0.15, -0.1) is 0 Å². The molecule has 0 spiro atoms. The van der Waals surface area contributed by atoms with Crippen LogP contribution in [0.4, 0.5) is 0 Å². The zero-order valence-corrected chi connectivity index (χ0v) is 10.7. The number of aromatic nitrogens is 1. The predicted octanol–water partition coefficient (Wildman–Crippen LogP) is 0.251. The van der Waals surface area contributed by atoms with Crippen molar-refractivity contribution in [3.63, 3.8) is 0 Å². The van der Waals surface area contributed by atoms with Crippen molar-refractivity contribution < 1.29 is 14.7 Å². The molecule has 1 amide bonds. The second kappa shape index (κ2) is 5.79. The summed E-state index contributed by atoms with van der Waals surface area (Å²) in [5, 5.41) is 14.8. The van der Waals surface area contributed by atoms with E-state index in [2.05, 4.69) is 15.6 Å². The molecular weight excluding hydrogens is 246 g/mol. The van der Waals surface area contributed by atoms with Gasteiger partial charge >= 0.3 is 5.97 Å². The number of nitrogens with one attached hydrogen (secondary N) is 2. The molecule has 6 heteroatoms. The fourth-order valence-electron chi connectivity index (χ4n) is 2.18. The van der Waals surface area contributed by atoms with Gasteiger partial charge in [0.15, 0.2) is 0 Å². The summed E-state index contributed by atoms with van der Waals surface area (Å²) in [5.74, 6) is -0.718. The molecule has 19 heavy (non-hydrogen) atoms. The van der Waals surface area contributed by atoms with Crippen LogP contribution in [0.25, 0.3) is 0 Å². The van der Waals surface area contributed by atoms with Crippen LogP contribution in [-0.2, 0) is 11.3 Å². The number of carbonyl (C=O) groups is 2. The molecule has 1 aliphatic rings. The lowest BCUT2D eigenvalue weighted by Crippen LogP contribution is -2.34. The Labute approximate surface area is 111 Å². The van der Waals surface area contributed by atoms with Crippen LogP contribution in [0.2, 0.25) is 0 Å². The minimum atomic E-state index is -0.997. The van der Waals surface area contributed by atoms with Gasteiger partial charge < -0.3 is 15.7 Å². The molecule has 1 aromatic rings. The molecule has 102 valence electrons. The summed E-state index contributed by atoms with van der Waals surface area (Å²) >= 11 is 0. The SMILES string of the molecule is CC1CNCC1C(=O)NCc1cc(C(=O)O)ccn1. The fraction of sp³-hybridized carbons (Fsp3) is 0.462. The predicted molar refractivity (Wildman–Crippen MR) is 68.6 cm³/mol. The molecule has 3 N–H and O–H groups in total. The van der Waals surface area contributed by atoms with E-state index in [4.69, 9.17) is 5.11 Å². The van der Waals surface area contributed by atoms with Crippen molar-refractivity contribution in [2.45, 2.75) is 13.5 Å². The van der Waals surface area contributed by atoms with Gasteiger partial charge in [0.2, 0.25) is 5.91 Å². The van der Waals surface area contributed by atoms with Crippen molar-refractivity contribution in [3.05, 3.63) is 29.6 Å². The fourth-order valence-corrected chi connectivity index (χ4v) is 2.18. The Morgan fingerprint density at radius 2 is 2.32 bits per heavy atom. The number of amides is 1. The van der Waals surface area contributed by atoms with Crippen molar-refractivity contribution >= 4 is 11.9 Å². The molecule has 1 aromatic heterocycles. The minimum Gasteiger partial charge on any atom is -0.478 e.